The molecule has 2 aliphatic heterocycles. The summed E-state index contributed by atoms with van der Waals surface area (Å²) in [6, 6.07) is 15.7. The monoisotopic (exact) mass is 623 g/mol. The third-order valence-electron chi connectivity index (χ3n) is 9.96. The van der Waals surface area contributed by atoms with Crippen molar-refractivity contribution in [2.75, 3.05) is 46.3 Å². The third kappa shape index (κ3) is 9.77. The summed E-state index contributed by atoms with van der Waals surface area (Å²) in [6.45, 7) is 13.0. The van der Waals surface area contributed by atoms with Gasteiger partial charge in [0.2, 0.25) is 11.8 Å². The van der Waals surface area contributed by atoms with Crippen molar-refractivity contribution < 1.29 is 9.59 Å². The summed E-state index contributed by atoms with van der Waals surface area (Å²) < 4.78 is 0. The first kappa shape index (κ1) is 34.4. The van der Waals surface area contributed by atoms with Crippen LogP contribution in [0.4, 0.5) is 0 Å². The molecule has 0 spiro atoms. The Morgan fingerprint density at radius 3 is 2.27 bits per heavy atom. The van der Waals surface area contributed by atoms with Crippen LogP contribution >= 0.6 is 11.6 Å². The van der Waals surface area contributed by atoms with Crippen LogP contribution in [0.3, 0.4) is 0 Å². The topological polar surface area (TPSA) is 67.9 Å². The molecule has 2 N–H and O–H groups in total. The fourth-order valence-corrected chi connectivity index (χ4v) is 6.89. The Morgan fingerprint density at radius 2 is 1.64 bits per heavy atom. The summed E-state index contributed by atoms with van der Waals surface area (Å²) in [4.78, 5) is 33.8. The number of rotatable bonds is 10. The molecular weight excluding hydrogens is 570 g/mol. The highest BCUT2D eigenvalue weighted by Gasteiger charge is 2.33. The van der Waals surface area contributed by atoms with Gasteiger partial charge in [-0.1, -0.05) is 81.1 Å². The predicted octanol–water partition coefficient (Wildman–Crippen LogP) is 5.67. The van der Waals surface area contributed by atoms with E-state index in [0.717, 1.165) is 44.2 Å². The van der Waals surface area contributed by atoms with Gasteiger partial charge in [-0.25, -0.2) is 0 Å². The van der Waals surface area contributed by atoms with Crippen molar-refractivity contribution in [3.63, 3.8) is 0 Å². The first-order chi connectivity index (χ1) is 21.3. The summed E-state index contributed by atoms with van der Waals surface area (Å²) in [6.07, 6.45) is 7.49. The van der Waals surface area contributed by atoms with Gasteiger partial charge in [0.1, 0.15) is 6.04 Å². The molecule has 1 saturated heterocycles. The van der Waals surface area contributed by atoms with Crippen LogP contribution in [0.2, 0.25) is 5.02 Å². The van der Waals surface area contributed by atoms with E-state index in [9.17, 15) is 9.59 Å². The van der Waals surface area contributed by atoms with E-state index in [1.54, 1.807) is 0 Å². The molecule has 2 aromatic rings. The second-order valence-electron chi connectivity index (χ2n) is 12.8. The summed E-state index contributed by atoms with van der Waals surface area (Å²) >= 11 is 6.09. The molecule has 8 heteroatoms. The zero-order valence-electron chi connectivity index (χ0n) is 27.4. The van der Waals surface area contributed by atoms with Crippen LogP contribution in [-0.2, 0) is 22.6 Å². The Bertz CT molecular complexity index is 1170. The molecule has 242 valence electrons. The SMILES string of the molecule is CC(C1CCCCC1)N1CCN(C(=O)C(Cc2ccc(Cl)cc2)NC(=O)CC2NCc3ccccc32)CC1.CCN(C)CC. The van der Waals surface area contributed by atoms with Gasteiger partial charge in [0, 0.05) is 62.7 Å². The van der Waals surface area contributed by atoms with Crippen molar-refractivity contribution in [2.45, 2.75) is 90.4 Å². The van der Waals surface area contributed by atoms with E-state index in [1.165, 1.54) is 43.2 Å². The van der Waals surface area contributed by atoms with Gasteiger partial charge in [-0.3, -0.25) is 14.5 Å². The standard InChI is InChI=1S/C31H41ClN4O2.C5H13N/c1-22(24-7-3-2-4-8-24)35-15-17-36(18-16-35)31(38)29(19-23-11-13-26(32)14-12-23)34-30(37)20-28-27-10-6-5-9-25(27)21-33-28;1-4-6(3)5-2/h5-6,9-14,22,24,28-29,33H,2-4,7-8,15-21H2,1H3,(H,34,37);4-5H2,1-3H3. The van der Waals surface area contributed by atoms with Crippen LogP contribution in [0, 0.1) is 5.92 Å². The van der Waals surface area contributed by atoms with Gasteiger partial charge in [0.15, 0.2) is 0 Å². The van der Waals surface area contributed by atoms with Crippen LogP contribution in [-0.4, -0.2) is 84.9 Å². The molecule has 3 unspecified atom stereocenters. The highest BCUT2D eigenvalue weighted by molar-refractivity contribution is 6.30. The molecule has 0 bridgehead atoms. The molecule has 2 amide bonds. The van der Waals surface area contributed by atoms with Crippen molar-refractivity contribution in [1.82, 2.24) is 25.3 Å². The van der Waals surface area contributed by atoms with E-state index in [1.807, 2.05) is 41.3 Å². The number of amides is 2. The lowest BCUT2D eigenvalue weighted by atomic mass is 9.84. The zero-order chi connectivity index (χ0) is 31.5. The van der Waals surface area contributed by atoms with Crippen LogP contribution in [0.15, 0.2) is 48.5 Å². The zero-order valence-corrected chi connectivity index (χ0v) is 28.1. The number of halogens is 1. The number of hydrogen-bond donors (Lipinski definition) is 2. The minimum atomic E-state index is -0.595. The van der Waals surface area contributed by atoms with E-state index in [2.05, 4.69) is 60.4 Å². The molecule has 0 radical (unpaired) electrons. The molecule has 3 atom stereocenters. The number of carbonyl (C=O) groups excluding carboxylic acids is 2. The predicted molar refractivity (Wildman–Crippen MR) is 181 cm³/mol. The Balaban J connectivity index is 0.000000670. The van der Waals surface area contributed by atoms with Gasteiger partial charge in [-0.05, 0) is 74.6 Å². The second kappa shape index (κ2) is 17.3. The van der Waals surface area contributed by atoms with E-state index in [4.69, 9.17) is 11.6 Å². The Morgan fingerprint density at radius 1 is 0.977 bits per heavy atom. The maximum Gasteiger partial charge on any atom is 0.245 e. The molecule has 5 rings (SSSR count). The molecule has 0 aromatic heterocycles. The average molecular weight is 624 g/mol. The molecule has 3 aliphatic rings. The quantitative estimate of drug-likeness (QED) is 0.357. The molecule has 7 nitrogen and oxygen atoms in total. The summed E-state index contributed by atoms with van der Waals surface area (Å²) in [5.74, 6) is 0.686. The Hall–Kier alpha value is -2.45. The molecule has 1 aliphatic carbocycles. The fraction of sp³-hybridized carbons (Fsp3) is 0.611. The van der Waals surface area contributed by atoms with Gasteiger partial charge < -0.3 is 20.4 Å². The van der Waals surface area contributed by atoms with Gasteiger partial charge in [-0.15, -0.1) is 0 Å². The molecule has 1 saturated carbocycles. The third-order valence-corrected chi connectivity index (χ3v) is 10.2. The number of carbonyl (C=O) groups is 2. The lowest BCUT2D eigenvalue weighted by molar-refractivity contribution is -0.138. The van der Waals surface area contributed by atoms with Crippen LogP contribution in [0.1, 0.15) is 82.0 Å². The Labute approximate surface area is 270 Å². The lowest BCUT2D eigenvalue weighted by Crippen LogP contribution is -2.57. The van der Waals surface area contributed by atoms with Crippen LogP contribution in [0.25, 0.3) is 0 Å². The normalized spacial score (nSPS) is 20.4. The number of fused-ring (bicyclic) bond motifs is 1. The molecule has 2 heterocycles. The van der Waals surface area contributed by atoms with Crippen LogP contribution < -0.4 is 10.6 Å². The van der Waals surface area contributed by atoms with E-state index in [0.29, 0.717) is 37.0 Å². The van der Waals surface area contributed by atoms with Gasteiger partial charge in [-0.2, -0.15) is 0 Å². The first-order valence-corrected chi connectivity index (χ1v) is 17.2. The largest absolute Gasteiger partial charge is 0.344 e. The maximum atomic E-state index is 13.8. The van der Waals surface area contributed by atoms with Crippen molar-refractivity contribution in [3.05, 3.63) is 70.2 Å². The van der Waals surface area contributed by atoms with Crippen LogP contribution in [0.5, 0.6) is 0 Å². The van der Waals surface area contributed by atoms with E-state index < -0.39 is 6.04 Å². The summed E-state index contributed by atoms with van der Waals surface area (Å²) in [5.41, 5.74) is 3.40. The number of nitrogens with zero attached hydrogens (tertiary/aromatic N) is 3. The molecule has 2 fully saturated rings. The minimum absolute atomic E-state index is 0.0121. The highest BCUT2D eigenvalue weighted by atomic mass is 35.5. The smallest absolute Gasteiger partial charge is 0.245 e. The number of benzene rings is 2. The fourth-order valence-electron chi connectivity index (χ4n) is 6.76. The lowest BCUT2D eigenvalue weighted by Gasteiger charge is -2.42. The van der Waals surface area contributed by atoms with Gasteiger partial charge >= 0.3 is 0 Å². The first-order valence-electron chi connectivity index (χ1n) is 16.8. The van der Waals surface area contributed by atoms with E-state index >= 15 is 0 Å². The Kier molecular flexibility index (Phi) is 13.5. The van der Waals surface area contributed by atoms with Crippen molar-refractivity contribution >= 4 is 23.4 Å². The summed E-state index contributed by atoms with van der Waals surface area (Å²) in [5, 5.41) is 7.21. The van der Waals surface area contributed by atoms with Crippen molar-refractivity contribution in [2.24, 2.45) is 5.92 Å². The second-order valence-corrected chi connectivity index (χ2v) is 13.2. The summed E-state index contributed by atoms with van der Waals surface area (Å²) in [7, 11) is 2.11. The van der Waals surface area contributed by atoms with Gasteiger partial charge in [0.25, 0.3) is 0 Å². The maximum absolute atomic E-state index is 13.8. The number of hydrogen-bond acceptors (Lipinski definition) is 5. The molecular formula is C36H54ClN5O2. The van der Waals surface area contributed by atoms with Crippen molar-refractivity contribution in [3.8, 4) is 0 Å². The van der Waals surface area contributed by atoms with E-state index in [-0.39, 0.29) is 17.9 Å². The van der Waals surface area contributed by atoms with Crippen molar-refractivity contribution in [1.29, 1.82) is 0 Å². The number of nitrogens with one attached hydrogen (secondary N) is 2. The average Bonchev–Trinajstić information content (AvgIpc) is 3.47. The molecule has 44 heavy (non-hydrogen) atoms. The van der Waals surface area contributed by atoms with Gasteiger partial charge in [0.05, 0.1) is 0 Å². The minimum Gasteiger partial charge on any atom is -0.344 e. The highest BCUT2D eigenvalue weighted by Crippen LogP contribution is 2.30. The molecule has 2 aromatic carbocycles. The number of piperazine rings is 1.